The van der Waals surface area contributed by atoms with Crippen molar-refractivity contribution in [3.63, 3.8) is 0 Å². The number of nitrogen functional groups attached to an aromatic ring is 1. The van der Waals surface area contributed by atoms with Crippen molar-refractivity contribution < 1.29 is 0 Å². The zero-order chi connectivity index (χ0) is 11.4. The molecule has 84 valence electrons. The van der Waals surface area contributed by atoms with Crippen LogP contribution in [0.3, 0.4) is 0 Å². The molecule has 4 heteroatoms. The summed E-state index contributed by atoms with van der Waals surface area (Å²) in [5, 5.41) is 2.85. The number of thioether (sulfide) groups is 1. The summed E-state index contributed by atoms with van der Waals surface area (Å²) >= 11 is 9.60. The van der Waals surface area contributed by atoms with Gasteiger partial charge in [-0.2, -0.15) is 0 Å². The molecule has 1 nitrogen and oxygen atoms in total. The van der Waals surface area contributed by atoms with Gasteiger partial charge in [0, 0.05) is 21.2 Å². The Kier molecular flexibility index (Phi) is 4.16. The molecule has 1 heterocycles. The minimum absolute atomic E-state index is 0.746. The average Bonchev–Trinajstić information content (AvgIpc) is 2.75. The maximum atomic E-state index is 6.09. The summed E-state index contributed by atoms with van der Waals surface area (Å²) in [6.45, 7) is 0. The number of benzene rings is 1. The number of nitrogens with two attached hydrogens (primary N) is 1. The van der Waals surface area contributed by atoms with E-state index in [1.165, 1.54) is 4.88 Å². The van der Waals surface area contributed by atoms with Crippen molar-refractivity contribution in [3.05, 3.63) is 45.6 Å². The summed E-state index contributed by atoms with van der Waals surface area (Å²) in [7, 11) is 0. The molecule has 0 saturated carbocycles. The van der Waals surface area contributed by atoms with Crippen LogP contribution in [0.4, 0.5) is 5.69 Å². The van der Waals surface area contributed by atoms with Crippen molar-refractivity contribution in [2.45, 2.75) is 11.3 Å². The minimum Gasteiger partial charge on any atom is -0.398 e. The number of hydrogen-bond acceptors (Lipinski definition) is 3. The molecule has 0 fully saturated rings. The lowest BCUT2D eigenvalue weighted by atomic mass is 10.3. The number of aryl methyl sites for hydroxylation is 1. The number of halogens is 1. The van der Waals surface area contributed by atoms with E-state index >= 15 is 0 Å². The largest absolute Gasteiger partial charge is 0.398 e. The van der Waals surface area contributed by atoms with Crippen LogP contribution in [-0.2, 0) is 6.42 Å². The van der Waals surface area contributed by atoms with E-state index < -0.39 is 0 Å². The third-order valence-electron chi connectivity index (χ3n) is 2.17. The number of anilines is 1. The third-order valence-corrected chi connectivity index (χ3v) is 4.69. The summed E-state index contributed by atoms with van der Waals surface area (Å²) in [5.74, 6) is 1.01. The predicted molar refractivity (Wildman–Crippen MR) is 74.6 cm³/mol. The minimum atomic E-state index is 0.746. The van der Waals surface area contributed by atoms with Crippen LogP contribution in [0.2, 0.25) is 5.02 Å². The zero-order valence-corrected chi connectivity index (χ0v) is 11.0. The van der Waals surface area contributed by atoms with Gasteiger partial charge in [0.25, 0.3) is 0 Å². The van der Waals surface area contributed by atoms with Gasteiger partial charge in [0.1, 0.15) is 0 Å². The van der Waals surface area contributed by atoms with Gasteiger partial charge in [-0.25, -0.2) is 0 Å². The molecule has 1 aromatic carbocycles. The van der Waals surface area contributed by atoms with Crippen molar-refractivity contribution in [1.82, 2.24) is 0 Å². The van der Waals surface area contributed by atoms with Crippen LogP contribution < -0.4 is 5.73 Å². The van der Waals surface area contributed by atoms with Gasteiger partial charge in [-0.15, -0.1) is 23.1 Å². The molecule has 0 radical (unpaired) electrons. The van der Waals surface area contributed by atoms with E-state index in [1.54, 1.807) is 23.1 Å². The summed E-state index contributed by atoms with van der Waals surface area (Å²) in [6, 6.07) is 9.88. The Hall–Kier alpha value is -0.640. The number of hydrogen-bond donors (Lipinski definition) is 1. The Balaban J connectivity index is 1.95. The lowest BCUT2D eigenvalue weighted by Gasteiger charge is -2.06. The molecule has 2 aromatic rings. The summed E-state index contributed by atoms with van der Waals surface area (Å²) in [5.41, 5.74) is 6.65. The fourth-order valence-electron chi connectivity index (χ4n) is 1.39. The van der Waals surface area contributed by atoms with Crippen LogP contribution in [0.25, 0.3) is 0 Å². The van der Waals surface area contributed by atoms with Gasteiger partial charge in [-0.1, -0.05) is 23.7 Å². The van der Waals surface area contributed by atoms with Crippen LogP contribution in [0, 0.1) is 0 Å². The number of thiophene rings is 1. The highest BCUT2D eigenvalue weighted by Crippen LogP contribution is 2.32. The van der Waals surface area contributed by atoms with Crippen LogP contribution in [0.15, 0.2) is 40.6 Å². The van der Waals surface area contributed by atoms with Gasteiger partial charge in [-0.05, 0) is 30.0 Å². The molecule has 2 rings (SSSR count). The van der Waals surface area contributed by atoms with Gasteiger partial charge >= 0.3 is 0 Å². The first-order valence-corrected chi connectivity index (χ1v) is 7.21. The molecule has 0 spiro atoms. The molecule has 0 aliphatic rings. The summed E-state index contributed by atoms with van der Waals surface area (Å²) in [6.07, 6.45) is 1.06. The Morgan fingerprint density at radius 2 is 2.12 bits per heavy atom. The standard InChI is InChI=1S/C12H12ClNS2/c13-10-4-1-5-11(14)12(10)16-8-6-9-3-2-7-15-9/h1-5,7H,6,8,14H2. The van der Waals surface area contributed by atoms with E-state index in [0.29, 0.717) is 0 Å². The van der Waals surface area contributed by atoms with E-state index in [2.05, 4.69) is 17.5 Å². The Morgan fingerprint density at radius 3 is 2.81 bits per heavy atom. The van der Waals surface area contributed by atoms with Crippen LogP contribution in [-0.4, -0.2) is 5.75 Å². The quantitative estimate of drug-likeness (QED) is 0.661. The highest BCUT2D eigenvalue weighted by atomic mass is 35.5. The molecule has 2 N–H and O–H groups in total. The Labute approximate surface area is 109 Å². The number of rotatable bonds is 4. The van der Waals surface area contributed by atoms with Crippen LogP contribution in [0.1, 0.15) is 4.88 Å². The SMILES string of the molecule is Nc1cccc(Cl)c1SCCc1cccs1. The molecule has 0 unspecified atom stereocenters. The van der Waals surface area contributed by atoms with Crippen molar-refractivity contribution in [3.8, 4) is 0 Å². The smallest absolute Gasteiger partial charge is 0.0562 e. The molecule has 16 heavy (non-hydrogen) atoms. The van der Waals surface area contributed by atoms with Crippen LogP contribution in [0.5, 0.6) is 0 Å². The highest BCUT2D eigenvalue weighted by Gasteiger charge is 2.05. The molecule has 0 aliphatic carbocycles. The van der Waals surface area contributed by atoms with Crippen molar-refractivity contribution in [2.75, 3.05) is 11.5 Å². The average molecular weight is 270 g/mol. The molecular formula is C12H12ClNS2. The summed E-state index contributed by atoms with van der Waals surface area (Å²) in [4.78, 5) is 2.40. The molecule has 0 bridgehead atoms. The fraction of sp³-hybridized carbons (Fsp3) is 0.167. The van der Waals surface area contributed by atoms with E-state index in [0.717, 1.165) is 27.8 Å². The molecule has 0 amide bonds. The third kappa shape index (κ3) is 2.94. The maximum absolute atomic E-state index is 6.09. The first-order valence-electron chi connectivity index (χ1n) is 4.96. The molecule has 0 aliphatic heterocycles. The normalized spacial score (nSPS) is 10.6. The lowest BCUT2D eigenvalue weighted by Crippen LogP contribution is -1.91. The molecule has 1 aromatic heterocycles. The Bertz CT molecular complexity index is 434. The van der Waals surface area contributed by atoms with E-state index in [1.807, 2.05) is 18.2 Å². The molecular weight excluding hydrogens is 258 g/mol. The van der Waals surface area contributed by atoms with E-state index in [-0.39, 0.29) is 0 Å². The monoisotopic (exact) mass is 269 g/mol. The zero-order valence-electron chi connectivity index (χ0n) is 8.65. The van der Waals surface area contributed by atoms with Crippen LogP contribution >= 0.6 is 34.7 Å². The molecule has 0 atom stereocenters. The maximum Gasteiger partial charge on any atom is 0.0562 e. The second kappa shape index (κ2) is 5.62. The first-order chi connectivity index (χ1) is 7.77. The van der Waals surface area contributed by atoms with Gasteiger partial charge in [0.15, 0.2) is 0 Å². The van der Waals surface area contributed by atoms with Crippen molar-refractivity contribution >= 4 is 40.4 Å². The van der Waals surface area contributed by atoms with Gasteiger partial charge in [0.2, 0.25) is 0 Å². The van der Waals surface area contributed by atoms with Gasteiger partial charge in [0.05, 0.1) is 5.02 Å². The Morgan fingerprint density at radius 1 is 1.25 bits per heavy atom. The van der Waals surface area contributed by atoms with Gasteiger partial charge < -0.3 is 5.73 Å². The lowest BCUT2D eigenvalue weighted by molar-refractivity contribution is 1.20. The highest BCUT2D eigenvalue weighted by molar-refractivity contribution is 7.99. The predicted octanol–water partition coefficient (Wildman–Crippen LogP) is 4.32. The van der Waals surface area contributed by atoms with Gasteiger partial charge in [-0.3, -0.25) is 0 Å². The topological polar surface area (TPSA) is 26.0 Å². The first kappa shape index (κ1) is 11.8. The van der Waals surface area contributed by atoms with Crippen molar-refractivity contribution in [1.29, 1.82) is 0 Å². The molecule has 0 saturated heterocycles. The second-order valence-electron chi connectivity index (χ2n) is 3.34. The van der Waals surface area contributed by atoms with Crippen molar-refractivity contribution in [2.24, 2.45) is 0 Å². The summed E-state index contributed by atoms with van der Waals surface area (Å²) < 4.78 is 0. The fourth-order valence-corrected chi connectivity index (χ4v) is 3.54. The van der Waals surface area contributed by atoms with E-state index in [9.17, 15) is 0 Å². The second-order valence-corrected chi connectivity index (χ2v) is 5.88. The van der Waals surface area contributed by atoms with E-state index in [4.69, 9.17) is 17.3 Å².